The van der Waals surface area contributed by atoms with Gasteiger partial charge >= 0.3 is 6.18 Å². The molecule has 1 aliphatic rings. The van der Waals surface area contributed by atoms with E-state index in [1.165, 1.54) is 6.07 Å². The quantitative estimate of drug-likeness (QED) is 0.828. The lowest BCUT2D eigenvalue weighted by Gasteiger charge is -2.33. The Morgan fingerprint density at radius 2 is 2.06 bits per heavy atom. The maximum atomic E-state index is 12.5. The van der Waals surface area contributed by atoms with Crippen LogP contribution in [0, 0.1) is 0 Å². The third-order valence-electron chi connectivity index (χ3n) is 3.16. The van der Waals surface area contributed by atoms with Gasteiger partial charge in [-0.05, 0) is 31.5 Å². The Morgan fingerprint density at radius 3 is 2.56 bits per heavy atom. The average Bonchev–Trinajstić information content (AvgIpc) is 2.28. The Balaban J connectivity index is 2.35. The van der Waals surface area contributed by atoms with Gasteiger partial charge in [0.15, 0.2) is 0 Å². The number of piperidine rings is 1. The van der Waals surface area contributed by atoms with Crippen LogP contribution in [0.15, 0.2) is 18.2 Å². The van der Waals surface area contributed by atoms with Gasteiger partial charge in [-0.2, -0.15) is 13.2 Å². The highest BCUT2D eigenvalue weighted by molar-refractivity contribution is 6.31. The highest BCUT2D eigenvalue weighted by atomic mass is 35.5. The number of alkyl halides is 3. The van der Waals surface area contributed by atoms with Gasteiger partial charge in [0.25, 0.3) is 0 Å². The second-order valence-corrected chi connectivity index (χ2v) is 4.91. The van der Waals surface area contributed by atoms with Crippen LogP contribution in [0.4, 0.5) is 13.2 Å². The van der Waals surface area contributed by atoms with Crippen molar-refractivity contribution >= 4 is 11.6 Å². The number of hydrogen-bond acceptors (Lipinski definition) is 2. The highest BCUT2D eigenvalue weighted by Crippen LogP contribution is 2.37. The number of rotatable bonds is 1. The molecular formula is C12H13ClF3NO. The maximum absolute atomic E-state index is 12.5. The molecule has 2 N–H and O–H groups in total. The van der Waals surface area contributed by atoms with Gasteiger partial charge in [-0.15, -0.1) is 0 Å². The SMILES string of the molecule is OC1(c2ccc(C(F)(F)F)cc2Cl)CCCNC1. The molecule has 0 radical (unpaired) electrons. The molecule has 0 aliphatic carbocycles. The minimum atomic E-state index is -4.42. The maximum Gasteiger partial charge on any atom is 0.416 e. The zero-order valence-corrected chi connectivity index (χ0v) is 10.3. The zero-order valence-electron chi connectivity index (χ0n) is 9.52. The molecule has 2 nitrogen and oxygen atoms in total. The van der Waals surface area contributed by atoms with Crippen LogP contribution in [0.3, 0.4) is 0 Å². The predicted molar refractivity (Wildman–Crippen MR) is 62.5 cm³/mol. The Labute approximate surface area is 108 Å². The lowest BCUT2D eigenvalue weighted by atomic mass is 9.86. The minimum Gasteiger partial charge on any atom is -0.384 e. The molecule has 0 amide bonds. The smallest absolute Gasteiger partial charge is 0.384 e. The summed E-state index contributed by atoms with van der Waals surface area (Å²) in [6.45, 7) is 1.10. The van der Waals surface area contributed by atoms with E-state index in [2.05, 4.69) is 5.32 Å². The van der Waals surface area contributed by atoms with Crippen LogP contribution >= 0.6 is 11.6 Å². The first-order valence-corrected chi connectivity index (χ1v) is 6.01. The third kappa shape index (κ3) is 2.63. The summed E-state index contributed by atoms with van der Waals surface area (Å²) in [5, 5.41) is 13.4. The zero-order chi connectivity index (χ0) is 13.4. The summed E-state index contributed by atoms with van der Waals surface area (Å²) in [5.74, 6) is 0. The van der Waals surface area contributed by atoms with E-state index in [-0.39, 0.29) is 5.02 Å². The molecule has 2 rings (SSSR count). The Hall–Kier alpha value is -0.780. The monoisotopic (exact) mass is 279 g/mol. The lowest BCUT2D eigenvalue weighted by Crippen LogP contribution is -2.43. The topological polar surface area (TPSA) is 32.3 Å². The molecule has 0 saturated carbocycles. The van der Waals surface area contributed by atoms with Crippen molar-refractivity contribution in [1.29, 1.82) is 0 Å². The summed E-state index contributed by atoms with van der Waals surface area (Å²) < 4.78 is 37.5. The molecule has 1 aliphatic heterocycles. The lowest BCUT2D eigenvalue weighted by molar-refractivity contribution is -0.137. The molecule has 1 saturated heterocycles. The average molecular weight is 280 g/mol. The van der Waals surface area contributed by atoms with Gasteiger partial charge in [0.05, 0.1) is 5.56 Å². The van der Waals surface area contributed by atoms with Crippen molar-refractivity contribution in [1.82, 2.24) is 5.32 Å². The Kier molecular flexibility index (Phi) is 3.58. The molecule has 0 bridgehead atoms. The van der Waals surface area contributed by atoms with Crippen LogP contribution in [-0.4, -0.2) is 18.2 Å². The minimum absolute atomic E-state index is 0.0453. The summed E-state index contributed by atoms with van der Waals surface area (Å²) in [6, 6.07) is 3.08. The Bertz CT molecular complexity index is 441. The first-order valence-electron chi connectivity index (χ1n) is 5.63. The van der Waals surface area contributed by atoms with E-state index in [0.717, 1.165) is 25.1 Å². The van der Waals surface area contributed by atoms with Crippen molar-refractivity contribution in [3.05, 3.63) is 34.3 Å². The van der Waals surface area contributed by atoms with Crippen molar-refractivity contribution in [2.45, 2.75) is 24.6 Å². The van der Waals surface area contributed by atoms with Gasteiger partial charge in [-0.25, -0.2) is 0 Å². The van der Waals surface area contributed by atoms with Crippen molar-refractivity contribution < 1.29 is 18.3 Å². The van der Waals surface area contributed by atoms with Crippen molar-refractivity contribution in [3.63, 3.8) is 0 Å². The van der Waals surface area contributed by atoms with Gasteiger partial charge in [0.1, 0.15) is 5.60 Å². The van der Waals surface area contributed by atoms with Crippen LogP contribution in [-0.2, 0) is 11.8 Å². The summed E-state index contributed by atoms with van der Waals surface area (Å²) in [4.78, 5) is 0. The van der Waals surface area contributed by atoms with Crippen molar-refractivity contribution in [3.8, 4) is 0 Å². The summed E-state index contributed by atoms with van der Waals surface area (Å²) in [5.41, 5.74) is -1.63. The van der Waals surface area contributed by atoms with Gasteiger partial charge in [-0.1, -0.05) is 17.7 Å². The largest absolute Gasteiger partial charge is 0.416 e. The summed E-state index contributed by atoms with van der Waals surface area (Å²) in [7, 11) is 0. The molecule has 1 heterocycles. The van der Waals surface area contributed by atoms with Gasteiger partial charge in [0.2, 0.25) is 0 Å². The van der Waals surface area contributed by atoms with Crippen LogP contribution in [0.1, 0.15) is 24.0 Å². The molecule has 1 fully saturated rings. The van der Waals surface area contributed by atoms with Gasteiger partial charge in [-0.3, -0.25) is 0 Å². The van der Waals surface area contributed by atoms with Gasteiger partial charge in [0, 0.05) is 17.1 Å². The van der Waals surface area contributed by atoms with E-state index < -0.39 is 17.3 Å². The predicted octanol–water partition coefficient (Wildman–Crippen LogP) is 2.93. The fourth-order valence-electron chi connectivity index (χ4n) is 2.19. The molecule has 0 spiro atoms. The third-order valence-corrected chi connectivity index (χ3v) is 3.47. The van der Waals surface area contributed by atoms with E-state index in [9.17, 15) is 18.3 Å². The number of benzene rings is 1. The van der Waals surface area contributed by atoms with Crippen molar-refractivity contribution in [2.75, 3.05) is 13.1 Å². The molecule has 18 heavy (non-hydrogen) atoms. The van der Waals surface area contributed by atoms with E-state index >= 15 is 0 Å². The number of β-amino-alcohol motifs (C(OH)–C–C–N with tert-alkyl or cyclic N) is 1. The molecule has 1 atom stereocenters. The van der Waals surface area contributed by atoms with E-state index in [1.807, 2.05) is 0 Å². The molecule has 0 aromatic heterocycles. The fourth-order valence-corrected chi connectivity index (χ4v) is 2.54. The van der Waals surface area contributed by atoms with Crippen molar-refractivity contribution in [2.24, 2.45) is 0 Å². The van der Waals surface area contributed by atoms with Gasteiger partial charge < -0.3 is 10.4 Å². The van der Waals surface area contributed by atoms with Crippen LogP contribution in [0.2, 0.25) is 5.02 Å². The highest BCUT2D eigenvalue weighted by Gasteiger charge is 2.36. The molecule has 1 unspecified atom stereocenters. The van der Waals surface area contributed by atoms with Crippen LogP contribution in [0.25, 0.3) is 0 Å². The Morgan fingerprint density at radius 1 is 1.33 bits per heavy atom. The molecular weight excluding hydrogens is 267 g/mol. The van der Waals surface area contributed by atoms with E-state index in [4.69, 9.17) is 11.6 Å². The summed E-state index contributed by atoms with van der Waals surface area (Å²) in [6.07, 6.45) is -3.17. The van der Waals surface area contributed by atoms with E-state index in [0.29, 0.717) is 18.5 Å². The van der Waals surface area contributed by atoms with Crippen LogP contribution in [0.5, 0.6) is 0 Å². The van der Waals surface area contributed by atoms with Crippen LogP contribution < -0.4 is 5.32 Å². The van der Waals surface area contributed by atoms with E-state index in [1.54, 1.807) is 0 Å². The fraction of sp³-hybridized carbons (Fsp3) is 0.500. The number of halogens is 4. The first-order chi connectivity index (χ1) is 8.33. The molecule has 6 heteroatoms. The number of hydrogen-bond donors (Lipinski definition) is 2. The standard InChI is InChI=1S/C12H13ClF3NO/c13-10-6-8(12(14,15)16)2-3-9(10)11(18)4-1-5-17-7-11/h2-3,6,17-18H,1,4-5,7H2. The second kappa shape index (κ2) is 4.72. The molecule has 100 valence electrons. The number of aliphatic hydroxyl groups is 1. The molecule has 1 aromatic carbocycles. The summed E-state index contributed by atoms with van der Waals surface area (Å²) >= 11 is 5.87. The normalized spacial score (nSPS) is 25.2. The number of nitrogens with one attached hydrogen (secondary N) is 1. The first kappa shape index (κ1) is 13.6. The second-order valence-electron chi connectivity index (χ2n) is 4.50. The molecule has 1 aromatic rings.